The number of aromatic nitrogens is 1. The maximum absolute atomic E-state index is 8.95. The van der Waals surface area contributed by atoms with E-state index in [4.69, 9.17) is 9.84 Å². The van der Waals surface area contributed by atoms with Gasteiger partial charge in [0.1, 0.15) is 5.75 Å². The average Bonchev–Trinajstić information content (AvgIpc) is 2.62. The minimum absolute atomic E-state index is 0.231. The molecular formula is C14H19NO2. The van der Waals surface area contributed by atoms with E-state index in [9.17, 15) is 0 Å². The van der Waals surface area contributed by atoms with Gasteiger partial charge in [-0.3, -0.25) is 0 Å². The summed E-state index contributed by atoms with van der Waals surface area (Å²) in [5.74, 6) is 0.887. The van der Waals surface area contributed by atoms with Crippen molar-refractivity contribution in [1.82, 2.24) is 4.98 Å². The van der Waals surface area contributed by atoms with Crippen LogP contribution in [-0.2, 0) is 6.42 Å². The largest absolute Gasteiger partial charge is 0.495 e. The second-order valence-corrected chi connectivity index (χ2v) is 4.45. The number of aliphatic hydroxyl groups is 1. The summed E-state index contributed by atoms with van der Waals surface area (Å²) in [7, 11) is 1.69. The first-order chi connectivity index (χ1) is 8.17. The van der Waals surface area contributed by atoms with E-state index in [0.29, 0.717) is 0 Å². The molecule has 0 fully saturated rings. The molecule has 0 saturated carbocycles. The zero-order valence-corrected chi connectivity index (χ0v) is 10.6. The van der Waals surface area contributed by atoms with Gasteiger partial charge in [-0.15, -0.1) is 0 Å². The maximum Gasteiger partial charge on any atom is 0.143 e. The van der Waals surface area contributed by atoms with E-state index in [2.05, 4.69) is 24.9 Å². The van der Waals surface area contributed by atoms with Crippen molar-refractivity contribution in [3.63, 3.8) is 0 Å². The number of ether oxygens (including phenoxy) is 1. The molecule has 0 unspecified atom stereocenters. The van der Waals surface area contributed by atoms with E-state index in [1.165, 1.54) is 16.5 Å². The van der Waals surface area contributed by atoms with Crippen LogP contribution in [0, 0.1) is 13.8 Å². The third-order valence-corrected chi connectivity index (χ3v) is 3.14. The molecule has 2 aromatic rings. The number of nitrogens with one attached hydrogen (secondary N) is 1. The van der Waals surface area contributed by atoms with Crippen molar-refractivity contribution >= 4 is 10.9 Å². The van der Waals surface area contributed by atoms with Crippen molar-refractivity contribution in [2.45, 2.75) is 26.7 Å². The summed E-state index contributed by atoms with van der Waals surface area (Å²) in [5.41, 5.74) is 4.70. The Morgan fingerprint density at radius 2 is 2.06 bits per heavy atom. The van der Waals surface area contributed by atoms with Crippen LogP contribution in [-0.4, -0.2) is 23.8 Å². The summed E-state index contributed by atoms with van der Waals surface area (Å²) in [4.78, 5) is 3.38. The lowest BCUT2D eigenvalue weighted by molar-refractivity contribution is 0.288. The minimum Gasteiger partial charge on any atom is -0.495 e. The van der Waals surface area contributed by atoms with Gasteiger partial charge in [0, 0.05) is 17.7 Å². The monoisotopic (exact) mass is 233 g/mol. The fraction of sp³-hybridized carbons (Fsp3) is 0.429. The van der Waals surface area contributed by atoms with Gasteiger partial charge in [0.25, 0.3) is 0 Å². The predicted octanol–water partition coefficient (Wildman–Crippen LogP) is 2.72. The minimum atomic E-state index is 0.231. The normalized spacial score (nSPS) is 11.1. The molecule has 0 atom stereocenters. The zero-order chi connectivity index (χ0) is 12.4. The van der Waals surface area contributed by atoms with Crippen LogP contribution in [0.5, 0.6) is 5.75 Å². The van der Waals surface area contributed by atoms with Crippen molar-refractivity contribution in [1.29, 1.82) is 0 Å². The molecule has 0 spiro atoms. The Hall–Kier alpha value is -1.48. The molecule has 0 aliphatic heterocycles. The molecule has 17 heavy (non-hydrogen) atoms. The molecule has 2 rings (SSSR count). The van der Waals surface area contributed by atoms with Crippen LogP contribution >= 0.6 is 0 Å². The smallest absolute Gasteiger partial charge is 0.143 e. The zero-order valence-electron chi connectivity index (χ0n) is 10.6. The summed E-state index contributed by atoms with van der Waals surface area (Å²) in [6.07, 6.45) is 1.69. The number of fused-ring (bicyclic) bond motifs is 1. The first kappa shape index (κ1) is 12.0. The standard InChI is InChI=1S/C14H19NO2/c1-9-7-12-11(5-4-6-16)10(2)15-14(12)13(8-9)17-3/h7-8,15-16H,4-6H2,1-3H3. The molecule has 0 aliphatic carbocycles. The molecule has 1 aromatic heterocycles. The molecule has 1 heterocycles. The highest BCUT2D eigenvalue weighted by Crippen LogP contribution is 2.31. The fourth-order valence-electron chi connectivity index (χ4n) is 2.32. The highest BCUT2D eigenvalue weighted by Gasteiger charge is 2.12. The Morgan fingerprint density at radius 3 is 2.71 bits per heavy atom. The molecule has 0 radical (unpaired) electrons. The van der Waals surface area contributed by atoms with E-state index in [1.54, 1.807) is 7.11 Å². The van der Waals surface area contributed by atoms with Gasteiger partial charge in [0.05, 0.1) is 12.6 Å². The number of hydrogen-bond acceptors (Lipinski definition) is 2. The summed E-state index contributed by atoms with van der Waals surface area (Å²) in [6.45, 7) is 4.37. The van der Waals surface area contributed by atoms with Crippen LogP contribution in [0.25, 0.3) is 10.9 Å². The Bertz CT molecular complexity index is 528. The lowest BCUT2D eigenvalue weighted by Gasteiger charge is -2.04. The number of aromatic amines is 1. The van der Waals surface area contributed by atoms with Crippen molar-refractivity contribution in [3.05, 3.63) is 29.0 Å². The van der Waals surface area contributed by atoms with Gasteiger partial charge >= 0.3 is 0 Å². The van der Waals surface area contributed by atoms with Crippen LogP contribution in [0.3, 0.4) is 0 Å². The molecule has 2 N–H and O–H groups in total. The molecule has 3 heteroatoms. The number of rotatable bonds is 4. The third-order valence-electron chi connectivity index (χ3n) is 3.14. The van der Waals surface area contributed by atoms with E-state index >= 15 is 0 Å². The van der Waals surface area contributed by atoms with Gasteiger partial charge in [0.15, 0.2) is 0 Å². The van der Waals surface area contributed by atoms with E-state index in [-0.39, 0.29) is 6.61 Å². The summed E-state index contributed by atoms with van der Waals surface area (Å²) < 4.78 is 5.40. The quantitative estimate of drug-likeness (QED) is 0.852. The molecule has 0 bridgehead atoms. The number of aryl methyl sites for hydroxylation is 3. The molecule has 1 aromatic carbocycles. The number of methoxy groups -OCH3 is 1. The molecule has 92 valence electrons. The fourth-order valence-corrected chi connectivity index (χ4v) is 2.32. The lowest BCUT2D eigenvalue weighted by atomic mass is 10.0. The molecule has 0 amide bonds. The number of aliphatic hydroxyl groups excluding tert-OH is 1. The Morgan fingerprint density at radius 1 is 1.29 bits per heavy atom. The Kier molecular flexibility index (Phi) is 3.38. The Labute approximate surface area is 101 Å². The van der Waals surface area contributed by atoms with Gasteiger partial charge in [-0.25, -0.2) is 0 Å². The second-order valence-electron chi connectivity index (χ2n) is 4.45. The molecule has 0 aliphatic rings. The first-order valence-electron chi connectivity index (χ1n) is 5.94. The number of H-pyrrole nitrogens is 1. The summed E-state index contributed by atoms with van der Waals surface area (Å²) in [6, 6.07) is 4.21. The van der Waals surface area contributed by atoms with Crippen LogP contribution in [0.15, 0.2) is 12.1 Å². The van der Waals surface area contributed by atoms with Crippen LogP contribution in [0.2, 0.25) is 0 Å². The highest BCUT2D eigenvalue weighted by atomic mass is 16.5. The maximum atomic E-state index is 8.95. The van der Waals surface area contributed by atoms with Gasteiger partial charge in [-0.1, -0.05) is 0 Å². The number of hydrogen-bond donors (Lipinski definition) is 2. The van der Waals surface area contributed by atoms with Gasteiger partial charge in [-0.05, 0) is 49.9 Å². The van der Waals surface area contributed by atoms with E-state index in [0.717, 1.165) is 29.8 Å². The highest BCUT2D eigenvalue weighted by molar-refractivity contribution is 5.90. The van der Waals surface area contributed by atoms with Crippen molar-refractivity contribution in [2.75, 3.05) is 13.7 Å². The summed E-state index contributed by atoms with van der Waals surface area (Å²) >= 11 is 0. The summed E-state index contributed by atoms with van der Waals surface area (Å²) in [5, 5.41) is 10.2. The van der Waals surface area contributed by atoms with Crippen molar-refractivity contribution in [2.24, 2.45) is 0 Å². The SMILES string of the molecule is COc1cc(C)cc2c(CCCO)c(C)[nH]c12. The van der Waals surface area contributed by atoms with Gasteiger partial charge in [-0.2, -0.15) is 0 Å². The predicted molar refractivity (Wildman–Crippen MR) is 69.7 cm³/mol. The van der Waals surface area contributed by atoms with Gasteiger partial charge in [0.2, 0.25) is 0 Å². The lowest BCUT2D eigenvalue weighted by Crippen LogP contribution is -1.91. The van der Waals surface area contributed by atoms with E-state index < -0.39 is 0 Å². The molecule has 0 saturated heterocycles. The first-order valence-corrected chi connectivity index (χ1v) is 5.94. The second kappa shape index (κ2) is 4.80. The number of benzene rings is 1. The molecule has 3 nitrogen and oxygen atoms in total. The van der Waals surface area contributed by atoms with Gasteiger partial charge < -0.3 is 14.8 Å². The average molecular weight is 233 g/mol. The molecular weight excluding hydrogens is 214 g/mol. The Balaban J connectivity index is 2.59. The van der Waals surface area contributed by atoms with Crippen molar-refractivity contribution in [3.8, 4) is 5.75 Å². The van der Waals surface area contributed by atoms with Crippen molar-refractivity contribution < 1.29 is 9.84 Å². The van der Waals surface area contributed by atoms with Crippen LogP contribution in [0.4, 0.5) is 0 Å². The van der Waals surface area contributed by atoms with Crippen LogP contribution in [0.1, 0.15) is 23.2 Å². The van der Waals surface area contributed by atoms with E-state index in [1.807, 2.05) is 6.07 Å². The third kappa shape index (κ3) is 2.15. The van der Waals surface area contributed by atoms with Crippen LogP contribution < -0.4 is 4.74 Å². The topological polar surface area (TPSA) is 45.2 Å².